The molecular weight excluding hydrogens is 257 g/mol. The van der Waals surface area contributed by atoms with Gasteiger partial charge in [-0.25, -0.2) is 4.39 Å². The number of halogens is 1. The zero-order chi connectivity index (χ0) is 14.4. The molecule has 0 heterocycles. The average molecular weight is 279 g/mol. The number of carbonyl (C=O) groups excluding carboxylic acids is 1. The van der Waals surface area contributed by atoms with Gasteiger partial charge in [-0.1, -0.05) is 49.6 Å². The van der Waals surface area contributed by atoms with Crippen molar-refractivity contribution in [3.63, 3.8) is 0 Å². The van der Waals surface area contributed by atoms with Gasteiger partial charge in [-0.05, 0) is 12.8 Å². The van der Waals surface area contributed by atoms with Crippen molar-refractivity contribution in [2.75, 3.05) is 0 Å². The van der Waals surface area contributed by atoms with Crippen molar-refractivity contribution in [2.45, 2.75) is 57.0 Å². The Labute approximate surface area is 119 Å². The molecule has 1 aromatic carbocycles. The van der Waals surface area contributed by atoms with E-state index in [-0.39, 0.29) is 12.5 Å². The molecule has 4 heteroatoms. The minimum atomic E-state index is -1.33. The van der Waals surface area contributed by atoms with Crippen LogP contribution in [0.4, 0.5) is 4.39 Å². The highest BCUT2D eigenvalue weighted by molar-refractivity contribution is 5.99. The molecule has 1 fully saturated rings. The molecule has 1 aliphatic carbocycles. The van der Waals surface area contributed by atoms with Crippen LogP contribution in [0.1, 0.15) is 48.9 Å². The van der Waals surface area contributed by atoms with E-state index in [4.69, 9.17) is 0 Å². The van der Waals surface area contributed by atoms with Gasteiger partial charge in [0.2, 0.25) is 0 Å². The number of carbonyl (C=O) groups is 1. The van der Waals surface area contributed by atoms with Gasteiger partial charge in [0, 0.05) is 18.0 Å². The summed E-state index contributed by atoms with van der Waals surface area (Å²) in [5.41, 5.74) is 0.421. The fraction of sp³-hybridized carbons (Fsp3) is 0.562. The predicted octanol–water partition coefficient (Wildman–Crippen LogP) is 2.84. The second kappa shape index (κ2) is 7.50. The van der Waals surface area contributed by atoms with E-state index in [1.807, 2.05) is 0 Å². The van der Waals surface area contributed by atoms with E-state index in [0.29, 0.717) is 5.56 Å². The first kappa shape index (κ1) is 15.1. The topological polar surface area (TPSA) is 49.3 Å². The van der Waals surface area contributed by atoms with Crippen LogP contribution >= 0.6 is 0 Å². The molecule has 0 aliphatic heterocycles. The quantitative estimate of drug-likeness (QED) is 0.622. The van der Waals surface area contributed by atoms with Crippen LogP contribution in [0.15, 0.2) is 30.3 Å². The van der Waals surface area contributed by atoms with Crippen LogP contribution in [0, 0.1) is 0 Å². The molecular formula is C16H22FNO2. The fourth-order valence-corrected chi connectivity index (χ4v) is 2.69. The fourth-order valence-electron chi connectivity index (χ4n) is 2.69. The van der Waals surface area contributed by atoms with Crippen LogP contribution in [0.5, 0.6) is 0 Å². The molecule has 0 amide bonds. The van der Waals surface area contributed by atoms with Gasteiger partial charge in [0.1, 0.15) is 6.10 Å². The first-order chi connectivity index (χ1) is 9.66. The maximum Gasteiger partial charge on any atom is 0.191 e. The summed E-state index contributed by atoms with van der Waals surface area (Å²) in [6, 6.07) is 8.70. The zero-order valence-corrected chi connectivity index (χ0v) is 11.6. The predicted molar refractivity (Wildman–Crippen MR) is 76.3 cm³/mol. The molecule has 0 saturated heterocycles. The lowest BCUT2D eigenvalue weighted by molar-refractivity contribution is 0.0621. The van der Waals surface area contributed by atoms with Crippen LogP contribution in [0.2, 0.25) is 0 Å². The molecule has 2 rings (SSSR count). The standard InChI is InChI=1S/C16H22FNO2/c17-15(18-13-9-5-2-6-10-13)11-14(19)16(20)12-7-3-1-4-8-12/h1,3-4,7-8,13-15,18-19H,2,5-6,9-11H2. The molecule has 2 atom stereocenters. The number of Topliss-reactive ketones (excluding diaryl/α,β-unsaturated/α-hetero) is 1. The van der Waals surface area contributed by atoms with E-state index in [0.717, 1.165) is 25.7 Å². The van der Waals surface area contributed by atoms with Gasteiger partial charge >= 0.3 is 0 Å². The Hall–Kier alpha value is -1.26. The molecule has 1 aliphatic rings. The smallest absolute Gasteiger partial charge is 0.191 e. The van der Waals surface area contributed by atoms with Crippen molar-refractivity contribution in [2.24, 2.45) is 0 Å². The maximum atomic E-state index is 13.9. The number of ketones is 1. The third-order valence-corrected chi connectivity index (χ3v) is 3.81. The summed E-state index contributed by atoms with van der Waals surface area (Å²) >= 11 is 0. The van der Waals surface area contributed by atoms with Crippen LogP contribution in [0.3, 0.4) is 0 Å². The first-order valence-corrected chi connectivity index (χ1v) is 7.34. The van der Waals surface area contributed by atoms with Crippen molar-refractivity contribution < 1.29 is 14.3 Å². The van der Waals surface area contributed by atoms with Crippen molar-refractivity contribution >= 4 is 5.78 Å². The Morgan fingerprint density at radius 2 is 1.90 bits per heavy atom. The number of aliphatic hydroxyl groups is 1. The number of benzene rings is 1. The second-order valence-corrected chi connectivity index (χ2v) is 5.45. The number of aliphatic hydroxyl groups excluding tert-OH is 1. The van der Waals surface area contributed by atoms with Crippen molar-refractivity contribution in [1.29, 1.82) is 0 Å². The number of nitrogens with one attached hydrogen (secondary N) is 1. The third kappa shape index (κ3) is 4.39. The summed E-state index contributed by atoms with van der Waals surface area (Å²) in [4.78, 5) is 11.9. The summed E-state index contributed by atoms with van der Waals surface area (Å²) in [5, 5.41) is 12.7. The minimum Gasteiger partial charge on any atom is -0.385 e. The molecule has 0 aromatic heterocycles. The molecule has 2 N–H and O–H groups in total. The lowest BCUT2D eigenvalue weighted by atomic mass is 9.95. The average Bonchev–Trinajstić information content (AvgIpc) is 2.48. The minimum absolute atomic E-state index is 0.178. The molecule has 20 heavy (non-hydrogen) atoms. The summed E-state index contributed by atoms with van der Waals surface area (Å²) in [7, 11) is 0. The van der Waals surface area contributed by atoms with E-state index in [1.54, 1.807) is 30.3 Å². The Bertz CT molecular complexity index is 418. The van der Waals surface area contributed by atoms with Gasteiger partial charge in [0.25, 0.3) is 0 Å². The number of hydrogen-bond acceptors (Lipinski definition) is 3. The highest BCUT2D eigenvalue weighted by Gasteiger charge is 2.24. The molecule has 1 saturated carbocycles. The SMILES string of the molecule is O=C(c1ccccc1)C(O)CC(F)NC1CCCCC1. The van der Waals surface area contributed by atoms with Crippen LogP contribution in [0.25, 0.3) is 0 Å². The zero-order valence-electron chi connectivity index (χ0n) is 11.6. The number of hydrogen-bond donors (Lipinski definition) is 2. The molecule has 1 aromatic rings. The Balaban J connectivity index is 1.81. The molecule has 0 spiro atoms. The molecule has 110 valence electrons. The van der Waals surface area contributed by atoms with E-state index in [1.165, 1.54) is 6.42 Å². The first-order valence-electron chi connectivity index (χ1n) is 7.34. The molecule has 3 nitrogen and oxygen atoms in total. The summed E-state index contributed by atoms with van der Waals surface area (Å²) < 4.78 is 13.9. The van der Waals surface area contributed by atoms with E-state index in [9.17, 15) is 14.3 Å². The van der Waals surface area contributed by atoms with Gasteiger partial charge in [-0.15, -0.1) is 0 Å². The summed E-state index contributed by atoms with van der Waals surface area (Å²) in [6.45, 7) is 0. The third-order valence-electron chi connectivity index (χ3n) is 3.81. The lowest BCUT2D eigenvalue weighted by Gasteiger charge is -2.25. The second-order valence-electron chi connectivity index (χ2n) is 5.45. The maximum absolute atomic E-state index is 13.9. The number of rotatable bonds is 6. The summed E-state index contributed by atoms with van der Waals surface area (Å²) in [6.07, 6.45) is 2.59. The number of alkyl halides is 1. The Kier molecular flexibility index (Phi) is 5.68. The van der Waals surface area contributed by atoms with Crippen molar-refractivity contribution in [3.8, 4) is 0 Å². The highest BCUT2D eigenvalue weighted by atomic mass is 19.1. The Morgan fingerprint density at radius 3 is 2.55 bits per heavy atom. The van der Waals surface area contributed by atoms with Crippen LogP contribution < -0.4 is 5.32 Å². The van der Waals surface area contributed by atoms with Gasteiger partial charge < -0.3 is 5.11 Å². The largest absolute Gasteiger partial charge is 0.385 e. The molecule has 0 bridgehead atoms. The Morgan fingerprint density at radius 1 is 1.25 bits per heavy atom. The monoisotopic (exact) mass is 279 g/mol. The normalized spacial score (nSPS) is 19.5. The van der Waals surface area contributed by atoms with E-state index < -0.39 is 18.2 Å². The molecule has 2 unspecified atom stereocenters. The van der Waals surface area contributed by atoms with Crippen LogP contribution in [-0.4, -0.2) is 29.3 Å². The van der Waals surface area contributed by atoms with Gasteiger partial charge in [-0.3, -0.25) is 10.1 Å². The van der Waals surface area contributed by atoms with E-state index in [2.05, 4.69) is 5.32 Å². The van der Waals surface area contributed by atoms with Gasteiger partial charge in [0.15, 0.2) is 12.1 Å². The van der Waals surface area contributed by atoms with Crippen molar-refractivity contribution in [3.05, 3.63) is 35.9 Å². The summed E-state index contributed by atoms with van der Waals surface area (Å²) in [5.74, 6) is -0.418. The van der Waals surface area contributed by atoms with Gasteiger partial charge in [-0.2, -0.15) is 0 Å². The van der Waals surface area contributed by atoms with Crippen LogP contribution in [-0.2, 0) is 0 Å². The van der Waals surface area contributed by atoms with Crippen molar-refractivity contribution in [1.82, 2.24) is 5.32 Å². The lowest BCUT2D eigenvalue weighted by Crippen LogP contribution is -2.40. The molecule has 0 radical (unpaired) electrons. The highest BCUT2D eigenvalue weighted by Crippen LogP contribution is 2.19. The van der Waals surface area contributed by atoms with Gasteiger partial charge in [0.05, 0.1) is 0 Å². The van der Waals surface area contributed by atoms with E-state index >= 15 is 0 Å².